The lowest BCUT2D eigenvalue weighted by Crippen LogP contribution is -2.32. The van der Waals surface area contributed by atoms with E-state index in [9.17, 15) is 13.2 Å². The Hall–Kier alpha value is -3.33. The van der Waals surface area contributed by atoms with E-state index in [4.69, 9.17) is 13.9 Å². The van der Waals surface area contributed by atoms with Gasteiger partial charge in [-0.05, 0) is 36.4 Å². The molecule has 0 spiro atoms. The van der Waals surface area contributed by atoms with Crippen molar-refractivity contribution in [1.82, 2.24) is 10.3 Å². The van der Waals surface area contributed by atoms with Crippen molar-refractivity contribution in [3.8, 4) is 11.5 Å². The molecule has 1 aromatic carbocycles. The van der Waals surface area contributed by atoms with Crippen molar-refractivity contribution in [3.63, 3.8) is 0 Å². The van der Waals surface area contributed by atoms with Gasteiger partial charge < -0.3 is 19.2 Å². The first kappa shape index (κ1) is 18.1. The molecule has 9 heteroatoms. The highest BCUT2D eigenvalue weighted by atomic mass is 32.2. The third-order valence-corrected chi connectivity index (χ3v) is 6.31. The Bertz CT molecular complexity index is 1080. The number of nitrogens with one attached hydrogen (secondary N) is 1. The minimum absolute atomic E-state index is 0.0422. The van der Waals surface area contributed by atoms with Gasteiger partial charge in [0.25, 0.3) is 5.91 Å². The number of ether oxygens (including phenoxy) is 2. The predicted octanol–water partition coefficient (Wildman–Crippen LogP) is 2.35. The fourth-order valence-electron chi connectivity index (χ4n) is 2.83. The number of nitrogens with zero attached hydrogens (tertiary/aromatic N) is 1. The van der Waals surface area contributed by atoms with Gasteiger partial charge >= 0.3 is 0 Å². The molecule has 0 aliphatic carbocycles. The second-order valence-corrected chi connectivity index (χ2v) is 8.12. The van der Waals surface area contributed by atoms with E-state index in [1.54, 1.807) is 36.4 Å². The zero-order valence-electron chi connectivity index (χ0n) is 14.6. The Morgan fingerprint density at radius 3 is 2.71 bits per heavy atom. The van der Waals surface area contributed by atoms with Crippen LogP contribution in [0.4, 0.5) is 0 Å². The molecular weight excluding hydrogens is 384 g/mol. The number of pyridine rings is 1. The molecule has 0 fully saturated rings. The average Bonchev–Trinajstić information content (AvgIpc) is 3.40. The van der Waals surface area contributed by atoms with Crippen LogP contribution in [0.1, 0.15) is 21.5 Å². The van der Waals surface area contributed by atoms with Crippen molar-refractivity contribution in [2.75, 3.05) is 13.3 Å². The second-order valence-electron chi connectivity index (χ2n) is 5.99. The number of sulfone groups is 1. The van der Waals surface area contributed by atoms with Crippen LogP contribution < -0.4 is 14.8 Å². The highest BCUT2D eigenvalue weighted by Gasteiger charge is 2.33. The Labute approximate surface area is 161 Å². The molecule has 3 aromatic rings. The Kier molecular flexibility index (Phi) is 4.74. The van der Waals surface area contributed by atoms with Crippen LogP contribution in [0.2, 0.25) is 0 Å². The molecule has 0 unspecified atom stereocenters. The fraction of sp³-hybridized carbons (Fsp3) is 0.158. The molecule has 8 nitrogen and oxygen atoms in total. The third kappa shape index (κ3) is 3.44. The summed E-state index contributed by atoms with van der Waals surface area (Å²) in [4.78, 5) is 16.3. The lowest BCUT2D eigenvalue weighted by molar-refractivity contribution is 0.0948. The number of hydrogen-bond donors (Lipinski definition) is 1. The van der Waals surface area contributed by atoms with Crippen LogP contribution in [-0.2, 0) is 9.84 Å². The molecule has 1 aliphatic rings. The van der Waals surface area contributed by atoms with E-state index < -0.39 is 21.0 Å². The minimum atomic E-state index is -3.89. The molecule has 1 aliphatic heterocycles. The molecule has 0 saturated heterocycles. The number of carbonyl (C=O) groups is 1. The molecule has 144 valence electrons. The first-order valence-corrected chi connectivity index (χ1v) is 9.96. The molecule has 0 bridgehead atoms. The number of furan rings is 1. The van der Waals surface area contributed by atoms with Crippen LogP contribution in [0.3, 0.4) is 0 Å². The number of benzene rings is 1. The van der Waals surface area contributed by atoms with Crippen molar-refractivity contribution in [2.45, 2.75) is 10.1 Å². The van der Waals surface area contributed by atoms with Gasteiger partial charge in [0.05, 0.1) is 11.2 Å². The summed E-state index contributed by atoms with van der Waals surface area (Å²) in [6.45, 7) is -0.139. The monoisotopic (exact) mass is 400 g/mol. The van der Waals surface area contributed by atoms with E-state index in [2.05, 4.69) is 10.3 Å². The van der Waals surface area contributed by atoms with E-state index in [0.29, 0.717) is 11.5 Å². The molecule has 1 N–H and O–H groups in total. The lowest BCUT2D eigenvalue weighted by atomic mass is 10.3. The Balaban J connectivity index is 1.62. The Morgan fingerprint density at radius 1 is 1.11 bits per heavy atom. The minimum Gasteiger partial charge on any atom is -0.468 e. The number of amides is 1. The molecule has 4 rings (SSSR count). The molecule has 0 radical (unpaired) electrons. The fourth-order valence-corrected chi connectivity index (χ4v) is 4.43. The van der Waals surface area contributed by atoms with Crippen LogP contribution in [0.15, 0.2) is 70.3 Å². The van der Waals surface area contributed by atoms with Crippen LogP contribution in [-0.4, -0.2) is 32.6 Å². The quantitative estimate of drug-likeness (QED) is 0.677. The Morgan fingerprint density at radius 2 is 1.96 bits per heavy atom. The van der Waals surface area contributed by atoms with Gasteiger partial charge in [0.1, 0.15) is 16.7 Å². The van der Waals surface area contributed by atoms with E-state index in [1.807, 2.05) is 0 Å². The summed E-state index contributed by atoms with van der Waals surface area (Å²) in [5.74, 6) is 0.589. The van der Waals surface area contributed by atoms with E-state index >= 15 is 0 Å². The van der Waals surface area contributed by atoms with Gasteiger partial charge in [-0.15, -0.1) is 0 Å². The maximum atomic E-state index is 13.3. The van der Waals surface area contributed by atoms with E-state index in [-0.39, 0.29) is 29.7 Å². The van der Waals surface area contributed by atoms with Crippen LogP contribution >= 0.6 is 0 Å². The average molecular weight is 400 g/mol. The van der Waals surface area contributed by atoms with Crippen molar-refractivity contribution < 1.29 is 27.1 Å². The molecule has 2 aromatic heterocycles. The normalized spacial score (nSPS) is 13.9. The van der Waals surface area contributed by atoms with Gasteiger partial charge in [-0.25, -0.2) is 8.42 Å². The van der Waals surface area contributed by atoms with E-state index in [0.717, 1.165) is 0 Å². The largest absolute Gasteiger partial charge is 0.468 e. The third-order valence-electron chi connectivity index (χ3n) is 4.25. The molecule has 28 heavy (non-hydrogen) atoms. The topological polar surface area (TPSA) is 108 Å². The molecule has 0 saturated carbocycles. The van der Waals surface area contributed by atoms with Crippen LogP contribution in [0.25, 0.3) is 0 Å². The number of carbonyl (C=O) groups excluding carboxylic acids is 1. The molecule has 3 heterocycles. The molecular formula is C19H16N2O6S. The van der Waals surface area contributed by atoms with Crippen molar-refractivity contribution in [3.05, 3.63) is 72.4 Å². The SMILES string of the molecule is O=C(NC[C@H](c1ccco1)S(=O)(=O)c1ccc2c(c1)OCO2)c1ccccn1. The highest BCUT2D eigenvalue weighted by Crippen LogP contribution is 2.37. The summed E-state index contributed by atoms with van der Waals surface area (Å²) in [5.41, 5.74) is 0.196. The number of rotatable bonds is 6. The van der Waals surface area contributed by atoms with Crippen molar-refractivity contribution >= 4 is 15.7 Å². The maximum absolute atomic E-state index is 13.3. The smallest absolute Gasteiger partial charge is 0.269 e. The number of fused-ring (bicyclic) bond motifs is 1. The standard InChI is InChI=1S/C19H16N2O6S/c22-19(14-4-1-2-8-20-14)21-11-18(16-5-3-9-25-16)28(23,24)13-6-7-15-17(10-13)27-12-26-15/h1-10,18H,11-12H2,(H,21,22)/t18-/m1/s1. The van der Waals surface area contributed by atoms with Gasteiger partial charge in [-0.2, -0.15) is 0 Å². The van der Waals surface area contributed by atoms with Crippen molar-refractivity contribution in [2.24, 2.45) is 0 Å². The highest BCUT2D eigenvalue weighted by molar-refractivity contribution is 7.91. The lowest BCUT2D eigenvalue weighted by Gasteiger charge is -2.17. The zero-order valence-corrected chi connectivity index (χ0v) is 15.4. The van der Waals surface area contributed by atoms with E-state index in [1.165, 1.54) is 24.6 Å². The van der Waals surface area contributed by atoms with Gasteiger partial charge in [-0.3, -0.25) is 9.78 Å². The molecule has 1 atom stereocenters. The summed E-state index contributed by atoms with van der Waals surface area (Å²) in [5, 5.41) is 1.50. The van der Waals surface area contributed by atoms with Gasteiger partial charge in [0.2, 0.25) is 6.79 Å². The second kappa shape index (κ2) is 7.35. The number of aromatic nitrogens is 1. The maximum Gasteiger partial charge on any atom is 0.269 e. The predicted molar refractivity (Wildman–Crippen MR) is 97.8 cm³/mol. The first-order chi connectivity index (χ1) is 13.6. The van der Waals surface area contributed by atoms with Crippen molar-refractivity contribution in [1.29, 1.82) is 0 Å². The van der Waals surface area contributed by atoms with Gasteiger partial charge in [0.15, 0.2) is 21.3 Å². The summed E-state index contributed by atoms with van der Waals surface area (Å²) in [6.07, 6.45) is 2.88. The zero-order chi connectivity index (χ0) is 19.6. The summed E-state index contributed by atoms with van der Waals surface area (Å²) >= 11 is 0. The first-order valence-electron chi connectivity index (χ1n) is 8.42. The van der Waals surface area contributed by atoms with Gasteiger partial charge in [0, 0.05) is 18.8 Å². The summed E-state index contributed by atoms with van der Waals surface area (Å²) < 4.78 is 42.3. The molecule has 1 amide bonds. The van der Waals surface area contributed by atoms with Crippen LogP contribution in [0.5, 0.6) is 11.5 Å². The summed E-state index contributed by atoms with van der Waals surface area (Å²) in [7, 11) is -3.89. The van der Waals surface area contributed by atoms with Gasteiger partial charge in [-0.1, -0.05) is 6.07 Å². The summed E-state index contributed by atoms with van der Waals surface area (Å²) in [6, 6.07) is 12.5. The van der Waals surface area contributed by atoms with Crippen LogP contribution in [0, 0.1) is 0 Å². The number of hydrogen-bond acceptors (Lipinski definition) is 7.